The average molecular weight is 270 g/mol. The molecule has 0 spiro atoms. The van der Waals surface area contributed by atoms with E-state index in [1.807, 2.05) is 0 Å². The highest BCUT2D eigenvalue weighted by Gasteiger charge is 2.14. The fraction of sp³-hybridized carbons (Fsp3) is 0.308. The number of carbonyl (C=O) groups is 1. The van der Waals surface area contributed by atoms with Crippen molar-refractivity contribution in [3.05, 3.63) is 40.0 Å². The number of hydrogen-bond donors (Lipinski definition) is 0. The van der Waals surface area contributed by atoms with E-state index in [1.54, 1.807) is 23.1 Å². The SMILES string of the molecule is O=CN(C1=CCCCC1)c1ccc(Cl)c(Cl)c1. The third-order valence-corrected chi connectivity index (χ3v) is 3.60. The quantitative estimate of drug-likeness (QED) is 0.745. The lowest BCUT2D eigenvalue weighted by atomic mass is 10.0. The molecule has 0 fully saturated rings. The average Bonchev–Trinajstić information content (AvgIpc) is 2.36. The van der Waals surface area contributed by atoms with Gasteiger partial charge in [-0.25, -0.2) is 0 Å². The lowest BCUT2D eigenvalue weighted by molar-refractivity contribution is -0.107. The van der Waals surface area contributed by atoms with Crippen molar-refractivity contribution in [2.45, 2.75) is 25.7 Å². The first-order chi connectivity index (χ1) is 8.22. The molecule has 2 nitrogen and oxygen atoms in total. The van der Waals surface area contributed by atoms with Crippen molar-refractivity contribution in [2.24, 2.45) is 0 Å². The number of halogens is 2. The lowest BCUT2D eigenvalue weighted by Gasteiger charge is -2.24. The Kier molecular flexibility index (Phi) is 4.08. The van der Waals surface area contributed by atoms with Crippen LogP contribution < -0.4 is 4.90 Å². The fourth-order valence-corrected chi connectivity index (χ4v) is 2.26. The molecule has 0 radical (unpaired) electrons. The maximum Gasteiger partial charge on any atom is 0.218 e. The number of benzene rings is 1. The molecule has 17 heavy (non-hydrogen) atoms. The summed E-state index contributed by atoms with van der Waals surface area (Å²) in [7, 11) is 0. The minimum Gasteiger partial charge on any atom is -0.288 e. The summed E-state index contributed by atoms with van der Waals surface area (Å²) in [5.41, 5.74) is 1.81. The summed E-state index contributed by atoms with van der Waals surface area (Å²) in [4.78, 5) is 12.9. The summed E-state index contributed by atoms with van der Waals surface area (Å²) in [6.45, 7) is 0. The van der Waals surface area contributed by atoms with E-state index in [-0.39, 0.29) is 0 Å². The summed E-state index contributed by atoms with van der Waals surface area (Å²) in [5.74, 6) is 0. The molecule has 0 aliphatic heterocycles. The van der Waals surface area contributed by atoms with Gasteiger partial charge in [-0.3, -0.25) is 9.69 Å². The van der Waals surface area contributed by atoms with Gasteiger partial charge in [0.15, 0.2) is 0 Å². The van der Waals surface area contributed by atoms with Crippen LogP contribution in [0.15, 0.2) is 30.0 Å². The molecule has 0 heterocycles. The molecule has 0 N–H and O–H groups in total. The third-order valence-electron chi connectivity index (χ3n) is 2.86. The molecule has 0 bridgehead atoms. The highest BCUT2D eigenvalue weighted by Crippen LogP contribution is 2.30. The molecule has 2 rings (SSSR count). The van der Waals surface area contributed by atoms with Gasteiger partial charge in [-0.1, -0.05) is 29.3 Å². The van der Waals surface area contributed by atoms with Crippen molar-refractivity contribution in [2.75, 3.05) is 4.90 Å². The molecule has 1 aliphatic rings. The Morgan fingerprint density at radius 1 is 1.18 bits per heavy atom. The first-order valence-corrected chi connectivity index (χ1v) is 6.36. The van der Waals surface area contributed by atoms with E-state index in [0.29, 0.717) is 10.0 Å². The van der Waals surface area contributed by atoms with Gasteiger partial charge in [-0.05, 0) is 43.9 Å². The van der Waals surface area contributed by atoms with Crippen molar-refractivity contribution < 1.29 is 4.79 Å². The summed E-state index contributed by atoms with van der Waals surface area (Å²) < 4.78 is 0. The predicted octanol–water partition coefficient (Wildman–Crippen LogP) is 4.41. The van der Waals surface area contributed by atoms with E-state index in [4.69, 9.17) is 23.2 Å². The van der Waals surface area contributed by atoms with E-state index in [9.17, 15) is 4.79 Å². The summed E-state index contributed by atoms with van der Waals surface area (Å²) in [5, 5.41) is 0.964. The second-order valence-electron chi connectivity index (χ2n) is 4.02. The first kappa shape index (κ1) is 12.5. The van der Waals surface area contributed by atoms with Crippen LogP contribution in [0, 0.1) is 0 Å². The molecule has 0 aromatic heterocycles. The van der Waals surface area contributed by atoms with Gasteiger partial charge in [-0.15, -0.1) is 0 Å². The Morgan fingerprint density at radius 2 is 2.00 bits per heavy atom. The van der Waals surface area contributed by atoms with Gasteiger partial charge in [0.1, 0.15) is 0 Å². The standard InChI is InChI=1S/C13H13Cl2NO/c14-12-7-6-11(8-13(12)15)16(9-17)10-4-2-1-3-5-10/h4,6-9H,1-3,5H2. The van der Waals surface area contributed by atoms with Gasteiger partial charge < -0.3 is 0 Å². The summed E-state index contributed by atoms with van der Waals surface area (Å²) in [6.07, 6.45) is 7.21. The van der Waals surface area contributed by atoms with Crippen LogP contribution in [0.25, 0.3) is 0 Å². The van der Waals surface area contributed by atoms with E-state index >= 15 is 0 Å². The van der Waals surface area contributed by atoms with E-state index in [2.05, 4.69) is 6.08 Å². The Bertz CT molecular complexity index is 457. The fourth-order valence-electron chi connectivity index (χ4n) is 1.97. The number of rotatable bonds is 3. The summed E-state index contributed by atoms with van der Waals surface area (Å²) in [6, 6.07) is 5.23. The van der Waals surface area contributed by atoms with Crippen LogP contribution in [0.5, 0.6) is 0 Å². The van der Waals surface area contributed by atoms with Crippen LogP contribution in [0.3, 0.4) is 0 Å². The first-order valence-electron chi connectivity index (χ1n) is 5.61. The molecule has 1 aromatic rings. The lowest BCUT2D eigenvalue weighted by Crippen LogP contribution is -2.21. The molecular formula is C13H13Cl2NO. The number of allylic oxidation sites excluding steroid dienone is 2. The zero-order valence-electron chi connectivity index (χ0n) is 9.33. The smallest absolute Gasteiger partial charge is 0.218 e. The van der Waals surface area contributed by atoms with Crippen LogP contribution in [-0.2, 0) is 4.79 Å². The van der Waals surface area contributed by atoms with Gasteiger partial charge in [0, 0.05) is 11.4 Å². The van der Waals surface area contributed by atoms with Gasteiger partial charge in [0.05, 0.1) is 10.0 Å². The van der Waals surface area contributed by atoms with Crippen molar-refractivity contribution in [3.8, 4) is 0 Å². The zero-order chi connectivity index (χ0) is 12.3. The maximum atomic E-state index is 11.2. The normalized spacial score (nSPS) is 15.3. The largest absolute Gasteiger partial charge is 0.288 e. The van der Waals surface area contributed by atoms with Crippen LogP contribution in [0.1, 0.15) is 25.7 Å². The minimum atomic E-state index is 0.465. The van der Waals surface area contributed by atoms with E-state index in [1.165, 1.54) is 6.42 Å². The Balaban J connectivity index is 2.31. The minimum absolute atomic E-state index is 0.465. The maximum absolute atomic E-state index is 11.2. The number of hydrogen-bond acceptors (Lipinski definition) is 1. The highest BCUT2D eigenvalue weighted by molar-refractivity contribution is 6.42. The second kappa shape index (κ2) is 5.56. The van der Waals surface area contributed by atoms with Crippen molar-refractivity contribution in [1.29, 1.82) is 0 Å². The Morgan fingerprint density at radius 3 is 2.59 bits per heavy atom. The number of anilines is 1. The molecular weight excluding hydrogens is 257 g/mol. The predicted molar refractivity (Wildman–Crippen MR) is 71.6 cm³/mol. The van der Waals surface area contributed by atoms with Crippen LogP contribution in [0.4, 0.5) is 5.69 Å². The molecule has 1 aliphatic carbocycles. The number of carbonyl (C=O) groups excluding carboxylic acids is 1. The van der Waals surface area contributed by atoms with Crippen LogP contribution in [0.2, 0.25) is 10.0 Å². The molecule has 0 atom stereocenters. The van der Waals surface area contributed by atoms with Crippen molar-refractivity contribution >= 4 is 35.3 Å². The van der Waals surface area contributed by atoms with Gasteiger partial charge in [-0.2, -0.15) is 0 Å². The second-order valence-corrected chi connectivity index (χ2v) is 4.83. The number of amides is 1. The molecule has 1 aromatic carbocycles. The third kappa shape index (κ3) is 2.82. The zero-order valence-corrected chi connectivity index (χ0v) is 10.8. The molecule has 0 unspecified atom stereocenters. The molecule has 4 heteroatoms. The molecule has 0 saturated carbocycles. The molecule has 1 amide bonds. The van der Waals surface area contributed by atoms with Gasteiger partial charge >= 0.3 is 0 Å². The summed E-state index contributed by atoms with van der Waals surface area (Å²) >= 11 is 11.8. The van der Waals surface area contributed by atoms with Crippen LogP contribution in [-0.4, -0.2) is 6.41 Å². The van der Waals surface area contributed by atoms with E-state index in [0.717, 1.165) is 37.1 Å². The monoisotopic (exact) mass is 269 g/mol. The Hall–Kier alpha value is -0.990. The van der Waals surface area contributed by atoms with Crippen LogP contribution >= 0.6 is 23.2 Å². The molecule has 0 saturated heterocycles. The molecule has 90 valence electrons. The van der Waals surface area contributed by atoms with Gasteiger partial charge in [0.2, 0.25) is 6.41 Å². The van der Waals surface area contributed by atoms with E-state index < -0.39 is 0 Å². The highest BCUT2D eigenvalue weighted by atomic mass is 35.5. The van der Waals surface area contributed by atoms with Gasteiger partial charge in [0.25, 0.3) is 0 Å². The topological polar surface area (TPSA) is 20.3 Å². The van der Waals surface area contributed by atoms with Crippen molar-refractivity contribution in [1.82, 2.24) is 0 Å². The number of nitrogens with zero attached hydrogens (tertiary/aromatic N) is 1. The Labute approximate surface area is 111 Å². The van der Waals surface area contributed by atoms with Crippen molar-refractivity contribution in [3.63, 3.8) is 0 Å².